The van der Waals surface area contributed by atoms with Crippen molar-refractivity contribution in [1.29, 1.82) is 0 Å². The van der Waals surface area contributed by atoms with Gasteiger partial charge < -0.3 is 15.5 Å². The van der Waals surface area contributed by atoms with Gasteiger partial charge in [-0.1, -0.05) is 36.4 Å². The van der Waals surface area contributed by atoms with E-state index < -0.39 is 0 Å². The first-order valence-corrected chi connectivity index (χ1v) is 10.7. The van der Waals surface area contributed by atoms with Crippen LogP contribution < -0.4 is 15.5 Å². The molecule has 1 aliphatic heterocycles. The largest absolute Gasteiger partial charge is 0.353 e. The molecule has 0 bridgehead atoms. The summed E-state index contributed by atoms with van der Waals surface area (Å²) in [6, 6.07) is 20.8. The van der Waals surface area contributed by atoms with Crippen molar-refractivity contribution in [2.45, 2.75) is 25.3 Å². The number of nitrogens with one attached hydrogen (secondary N) is 2. The number of carbonyl (C=O) groups excluding carboxylic acids is 1. The standard InChI is InChI=1S/C25H26N4O/c30-25(28-22-11-9-18-7-4-8-20(18)15-22)21-10-12-24(27-16-21)29-14-13-26-23(17-29)19-5-2-1-3-6-19/h1-3,5-6,9-12,15-16,23,26H,4,7-8,13-14,17H2,(H,28,30)/t23-/m0/s1. The van der Waals surface area contributed by atoms with Crippen molar-refractivity contribution in [3.05, 3.63) is 89.1 Å². The number of nitrogens with zero attached hydrogens (tertiary/aromatic N) is 2. The molecule has 3 aromatic rings. The van der Waals surface area contributed by atoms with E-state index in [9.17, 15) is 4.79 Å². The molecule has 2 N–H and O–H groups in total. The van der Waals surface area contributed by atoms with E-state index in [1.807, 2.05) is 24.3 Å². The molecular formula is C25H26N4O. The van der Waals surface area contributed by atoms with Gasteiger partial charge in [-0.15, -0.1) is 0 Å². The second-order valence-corrected chi connectivity index (χ2v) is 8.06. The van der Waals surface area contributed by atoms with Crippen LogP contribution in [0, 0.1) is 0 Å². The summed E-state index contributed by atoms with van der Waals surface area (Å²) in [5.74, 6) is 0.793. The fraction of sp³-hybridized carbons (Fsp3) is 0.280. The zero-order chi connectivity index (χ0) is 20.3. The topological polar surface area (TPSA) is 57.3 Å². The average Bonchev–Trinajstić information content (AvgIpc) is 3.28. The number of pyridine rings is 1. The zero-order valence-electron chi connectivity index (χ0n) is 17.0. The fourth-order valence-electron chi connectivity index (χ4n) is 4.43. The molecule has 1 aliphatic carbocycles. The van der Waals surface area contributed by atoms with Gasteiger partial charge in [0, 0.05) is 37.6 Å². The predicted molar refractivity (Wildman–Crippen MR) is 120 cm³/mol. The zero-order valence-corrected chi connectivity index (χ0v) is 17.0. The molecule has 1 fully saturated rings. The number of aromatic nitrogens is 1. The molecule has 2 aliphatic rings. The molecule has 0 radical (unpaired) electrons. The van der Waals surface area contributed by atoms with Gasteiger partial charge in [0.15, 0.2) is 0 Å². The Morgan fingerprint density at radius 3 is 2.73 bits per heavy atom. The van der Waals surface area contributed by atoms with Crippen LogP contribution in [0.15, 0.2) is 66.9 Å². The SMILES string of the molecule is O=C(Nc1ccc2c(c1)CCC2)c1ccc(N2CCN[C@H](c3ccccc3)C2)nc1. The number of carbonyl (C=O) groups is 1. The Labute approximate surface area is 177 Å². The Kier molecular flexibility index (Phi) is 5.20. The van der Waals surface area contributed by atoms with Crippen LogP contribution in [0.2, 0.25) is 0 Å². The van der Waals surface area contributed by atoms with Crippen molar-refractivity contribution in [1.82, 2.24) is 10.3 Å². The van der Waals surface area contributed by atoms with Gasteiger partial charge in [0.25, 0.3) is 5.91 Å². The van der Waals surface area contributed by atoms with Gasteiger partial charge >= 0.3 is 0 Å². The van der Waals surface area contributed by atoms with Crippen molar-refractivity contribution in [3.63, 3.8) is 0 Å². The molecule has 0 spiro atoms. The quantitative estimate of drug-likeness (QED) is 0.698. The maximum absolute atomic E-state index is 12.7. The number of hydrogen-bond acceptors (Lipinski definition) is 4. The lowest BCUT2D eigenvalue weighted by molar-refractivity contribution is 0.102. The molecule has 5 heteroatoms. The van der Waals surface area contributed by atoms with Gasteiger partial charge in [-0.3, -0.25) is 4.79 Å². The van der Waals surface area contributed by atoms with Crippen molar-refractivity contribution >= 4 is 17.4 Å². The molecule has 2 aromatic carbocycles. The molecule has 1 amide bonds. The Hall–Kier alpha value is -3.18. The van der Waals surface area contributed by atoms with Crippen molar-refractivity contribution in [3.8, 4) is 0 Å². The van der Waals surface area contributed by atoms with Crippen LogP contribution >= 0.6 is 0 Å². The Balaban J connectivity index is 1.25. The third kappa shape index (κ3) is 3.94. The second kappa shape index (κ2) is 8.28. The lowest BCUT2D eigenvalue weighted by Crippen LogP contribution is -2.46. The number of piperazine rings is 1. The Morgan fingerprint density at radius 2 is 1.90 bits per heavy atom. The molecule has 1 atom stereocenters. The number of aryl methyl sites for hydroxylation is 2. The summed E-state index contributed by atoms with van der Waals surface area (Å²) in [6.45, 7) is 2.66. The van der Waals surface area contributed by atoms with Gasteiger partial charge in [-0.2, -0.15) is 0 Å². The predicted octanol–water partition coefficient (Wildman–Crippen LogP) is 3.97. The normalized spacial score (nSPS) is 18.1. The summed E-state index contributed by atoms with van der Waals surface area (Å²) < 4.78 is 0. The van der Waals surface area contributed by atoms with E-state index in [2.05, 4.69) is 56.9 Å². The van der Waals surface area contributed by atoms with Crippen LogP contribution in [-0.4, -0.2) is 30.5 Å². The molecule has 2 heterocycles. The fourth-order valence-corrected chi connectivity index (χ4v) is 4.43. The first kappa shape index (κ1) is 18.8. The van der Waals surface area contributed by atoms with Crippen LogP contribution in [-0.2, 0) is 12.8 Å². The van der Waals surface area contributed by atoms with Crippen molar-refractivity contribution in [2.75, 3.05) is 29.9 Å². The molecule has 152 valence electrons. The lowest BCUT2D eigenvalue weighted by Gasteiger charge is -2.34. The second-order valence-electron chi connectivity index (χ2n) is 8.06. The summed E-state index contributed by atoms with van der Waals surface area (Å²) in [4.78, 5) is 19.5. The minimum absolute atomic E-state index is 0.116. The van der Waals surface area contributed by atoms with E-state index in [1.165, 1.54) is 23.1 Å². The molecule has 1 saturated heterocycles. The highest BCUT2D eigenvalue weighted by Crippen LogP contribution is 2.25. The van der Waals surface area contributed by atoms with Gasteiger partial charge in [-0.05, 0) is 60.2 Å². The molecule has 1 aromatic heterocycles. The smallest absolute Gasteiger partial charge is 0.257 e. The highest BCUT2D eigenvalue weighted by molar-refractivity contribution is 6.04. The third-order valence-electron chi connectivity index (χ3n) is 6.07. The summed E-state index contributed by atoms with van der Waals surface area (Å²) >= 11 is 0. The van der Waals surface area contributed by atoms with E-state index >= 15 is 0 Å². The number of rotatable bonds is 4. The number of benzene rings is 2. The summed E-state index contributed by atoms with van der Waals surface area (Å²) in [5, 5.41) is 6.59. The Morgan fingerprint density at radius 1 is 1.03 bits per heavy atom. The van der Waals surface area contributed by atoms with Gasteiger partial charge in [0.2, 0.25) is 0 Å². The van der Waals surface area contributed by atoms with Crippen molar-refractivity contribution in [2.24, 2.45) is 0 Å². The van der Waals surface area contributed by atoms with Gasteiger partial charge in [0.1, 0.15) is 5.82 Å². The highest BCUT2D eigenvalue weighted by atomic mass is 16.1. The van der Waals surface area contributed by atoms with Crippen LogP contribution in [0.25, 0.3) is 0 Å². The van der Waals surface area contributed by atoms with Gasteiger partial charge in [-0.25, -0.2) is 4.98 Å². The monoisotopic (exact) mass is 398 g/mol. The summed E-state index contributed by atoms with van der Waals surface area (Å²) in [5.41, 5.74) is 5.48. The van der Waals surface area contributed by atoms with Crippen LogP contribution in [0.5, 0.6) is 0 Å². The van der Waals surface area contributed by atoms with Crippen molar-refractivity contribution < 1.29 is 4.79 Å². The molecule has 5 nitrogen and oxygen atoms in total. The van der Waals surface area contributed by atoms with Crippen LogP contribution in [0.4, 0.5) is 11.5 Å². The number of hydrogen-bond donors (Lipinski definition) is 2. The van der Waals surface area contributed by atoms with E-state index in [1.54, 1.807) is 6.20 Å². The molecule has 30 heavy (non-hydrogen) atoms. The maximum Gasteiger partial charge on any atom is 0.257 e. The number of amides is 1. The van der Waals surface area contributed by atoms with Crippen LogP contribution in [0.3, 0.4) is 0 Å². The third-order valence-corrected chi connectivity index (χ3v) is 6.07. The highest BCUT2D eigenvalue weighted by Gasteiger charge is 2.22. The van der Waals surface area contributed by atoms with E-state index in [-0.39, 0.29) is 11.9 Å². The number of anilines is 2. The average molecular weight is 399 g/mol. The van der Waals surface area contributed by atoms with E-state index in [4.69, 9.17) is 0 Å². The molecule has 0 unspecified atom stereocenters. The minimum atomic E-state index is -0.116. The summed E-state index contributed by atoms with van der Waals surface area (Å²) in [6.07, 6.45) is 5.13. The molecule has 5 rings (SSSR count). The first-order chi connectivity index (χ1) is 14.8. The molecular weight excluding hydrogens is 372 g/mol. The minimum Gasteiger partial charge on any atom is -0.353 e. The first-order valence-electron chi connectivity index (χ1n) is 10.7. The Bertz CT molecular complexity index is 1030. The van der Waals surface area contributed by atoms with E-state index in [0.717, 1.165) is 44.0 Å². The molecule has 0 saturated carbocycles. The van der Waals surface area contributed by atoms with Crippen LogP contribution in [0.1, 0.15) is 39.5 Å². The maximum atomic E-state index is 12.7. The lowest BCUT2D eigenvalue weighted by atomic mass is 10.0. The summed E-state index contributed by atoms with van der Waals surface area (Å²) in [7, 11) is 0. The van der Waals surface area contributed by atoms with E-state index in [0.29, 0.717) is 5.56 Å². The number of fused-ring (bicyclic) bond motifs is 1. The van der Waals surface area contributed by atoms with Gasteiger partial charge in [0.05, 0.1) is 5.56 Å².